The van der Waals surface area contributed by atoms with E-state index >= 15 is 0 Å². The number of carbonyl (C=O) groups is 1. The zero-order valence-corrected chi connectivity index (χ0v) is 15.1. The van der Waals surface area contributed by atoms with Gasteiger partial charge in [-0.25, -0.2) is 13.9 Å². The number of hydrogen-bond donors (Lipinski definition) is 1. The number of morpholine rings is 1. The predicted molar refractivity (Wildman–Crippen MR) is 50.9 cm³/mol. The molecule has 155 valence electrons. The van der Waals surface area contributed by atoms with E-state index in [0.29, 0.717) is 0 Å². The van der Waals surface area contributed by atoms with Gasteiger partial charge in [0, 0.05) is 51.4 Å². The number of nitrogens with zero attached hydrogens (tertiary/aromatic N) is 1. The summed E-state index contributed by atoms with van der Waals surface area (Å²) < 4.78 is 183. The number of aliphatic carboxylic acids is 1. The van der Waals surface area contributed by atoms with Crippen molar-refractivity contribution < 1.29 is 76.1 Å². The van der Waals surface area contributed by atoms with Crippen LogP contribution in [0.1, 0.15) is 0 Å². The maximum absolute atomic E-state index is 13.6. The second-order valence-electron chi connectivity index (χ2n) is 4.56. The van der Waals surface area contributed by atoms with E-state index < -0.39 is 53.1 Å². The van der Waals surface area contributed by atoms with Gasteiger partial charge in [-0.3, -0.25) is 0 Å². The molecule has 1 aliphatic rings. The van der Waals surface area contributed by atoms with E-state index in [9.17, 15) is 66.3 Å². The summed E-state index contributed by atoms with van der Waals surface area (Å²) in [6.07, 6.45) is -21.5. The van der Waals surface area contributed by atoms with E-state index in [-0.39, 0.29) is 51.4 Å². The second kappa shape index (κ2) is 6.79. The quantitative estimate of drug-likeness (QED) is 0.396. The Bertz CT molecular complexity index is 580. The van der Waals surface area contributed by atoms with Crippen molar-refractivity contribution in [2.24, 2.45) is 0 Å². The van der Waals surface area contributed by atoms with Crippen molar-refractivity contribution in [2.75, 3.05) is 0 Å². The molecule has 1 rings (SSSR count). The zero-order chi connectivity index (χ0) is 21.4. The normalized spacial score (nSPS) is 26.6. The average Bonchev–Trinajstić information content (AvgIpc) is 2.31. The Labute approximate surface area is 179 Å². The molecular weight excluding hydrogens is 463 g/mol. The Morgan fingerprint density at radius 2 is 1.07 bits per heavy atom. The molecule has 0 aromatic heterocycles. The van der Waals surface area contributed by atoms with E-state index in [1.165, 1.54) is 0 Å². The number of alkyl halides is 14. The smallest absolute Gasteiger partial charge is 0.441 e. The third-order valence-corrected chi connectivity index (χ3v) is 2.90. The molecule has 1 unspecified atom stereocenters. The first kappa shape index (κ1) is 27.0. The maximum Gasteiger partial charge on any atom is 0.441 e. The zero-order valence-electron chi connectivity index (χ0n) is 12.0. The molecule has 1 fully saturated rings. The first-order valence-electron chi connectivity index (χ1n) is 5.40. The molecule has 0 aromatic carbocycles. The SMILES string of the molecule is O=C(O)C(F)(C(F)(F)F)C(F)(F)N1C(F)(F)C(F)(F)OC(F)(F)C1(F)F.[K]. The van der Waals surface area contributed by atoms with Crippen LogP contribution in [0.25, 0.3) is 0 Å². The molecule has 4 nitrogen and oxygen atoms in total. The van der Waals surface area contributed by atoms with Crippen LogP contribution in [0.5, 0.6) is 0 Å². The van der Waals surface area contributed by atoms with Crippen LogP contribution in [-0.2, 0) is 9.53 Å². The van der Waals surface area contributed by atoms with E-state index in [2.05, 4.69) is 0 Å². The van der Waals surface area contributed by atoms with Gasteiger partial charge in [-0.1, -0.05) is 0 Å². The largest absolute Gasteiger partial charge is 0.478 e. The van der Waals surface area contributed by atoms with Crippen LogP contribution >= 0.6 is 0 Å². The van der Waals surface area contributed by atoms with Crippen LogP contribution in [0, 0.1) is 0 Å². The van der Waals surface area contributed by atoms with Gasteiger partial charge in [0.15, 0.2) is 0 Å². The third-order valence-electron chi connectivity index (χ3n) is 2.90. The number of ether oxygens (including phenoxy) is 1. The van der Waals surface area contributed by atoms with Gasteiger partial charge in [-0.2, -0.15) is 57.1 Å². The molecular formula is C8HF14KNO3. The molecule has 0 spiro atoms. The van der Waals surface area contributed by atoms with Crippen LogP contribution in [0.15, 0.2) is 0 Å². The molecule has 1 aliphatic heterocycles. The standard InChI is InChI=1S/C8HF14NO3.K/c9-2(1(24)25,3(10,11)12)4(13,14)23-5(15,16)7(19,20)26-8(21,22)6(23,17)18;/h(H,24,25);. The van der Waals surface area contributed by atoms with E-state index in [0.717, 1.165) is 0 Å². The van der Waals surface area contributed by atoms with Crippen molar-refractivity contribution in [3.05, 3.63) is 0 Å². The summed E-state index contributed by atoms with van der Waals surface area (Å²) in [6.45, 7) is 0. The minimum Gasteiger partial charge on any atom is -0.478 e. The van der Waals surface area contributed by atoms with Gasteiger partial charge in [-0.05, 0) is 0 Å². The minimum atomic E-state index is -7.89. The molecule has 1 radical (unpaired) electrons. The summed E-state index contributed by atoms with van der Waals surface area (Å²) in [7, 11) is 0. The van der Waals surface area contributed by atoms with Gasteiger partial charge in [0.1, 0.15) is 0 Å². The van der Waals surface area contributed by atoms with Crippen LogP contribution in [0.2, 0.25) is 0 Å². The molecule has 1 atom stereocenters. The predicted octanol–water partition coefficient (Wildman–Crippen LogP) is 3.26. The van der Waals surface area contributed by atoms with Gasteiger partial charge < -0.3 is 5.11 Å². The Morgan fingerprint density at radius 3 is 1.30 bits per heavy atom. The van der Waals surface area contributed by atoms with Gasteiger partial charge in [0.05, 0.1) is 0 Å². The van der Waals surface area contributed by atoms with Crippen molar-refractivity contribution in [1.82, 2.24) is 4.90 Å². The van der Waals surface area contributed by atoms with E-state index in [1.807, 2.05) is 0 Å². The van der Waals surface area contributed by atoms with Gasteiger partial charge >= 0.3 is 48.2 Å². The molecule has 0 saturated carbocycles. The second-order valence-corrected chi connectivity index (χ2v) is 4.56. The summed E-state index contributed by atoms with van der Waals surface area (Å²) in [6, 6.07) is -22.7. The fourth-order valence-electron chi connectivity index (χ4n) is 1.65. The maximum atomic E-state index is 13.6. The fraction of sp³-hybridized carbons (Fsp3) is 0.875. The molecule has 19 heteroatoms. The van der Waals surface area contributed by atoms with Crippen LogP contribution in [0.4, 0.5) is 61.5 Å². The van der Waals surface area contributed by atoms with Crippen molar-refractivity contribution in [1.29, 1.82) is 0 Å². The number of carboxylic acids is 1. The summed E-state index contributed by atoms with van der Waals surface area (Å²) >= 11 is 0. The average molecular weight is 464 g/mol. The number of carboxylic acid groups (broad SMARTS) is 1. The molecule has 0 aliphatic carbocycles. The van der Waals surface area contributed by atoms with Crippen LogP contribution in [0.3, 0.4) is 0 Å². The van der Waals surface area contributed by atoms with Crippen molar-refractivity contribution in [3.63, 3.8) is 0 Å². The number of rotatable bonds is 3. The van der Waals surface area contributed by atoms with Crippen molar-refractivity contribution >= 4 is 57.4 Å². The number of hydrogen-bond acceptors (Lipinski definition) is 3. The minimum absolute atomic E-state index is 0. The Morgan fingerprint density at radius 1 is 0.778 bits per heavy atom. The van der Waals surface area contributed by atoms with E-state index in [1.54, 1.807) is 4.74 Å². The molecule has 1 N–H and O–H groups in total. The van der Waals surface area contributed by atoms with Crippen molar-refractivity contribution in [3.8, 4) is 0 Å². The van der Waals surface area contributed by atoms with Crippen molar-refractivity contribution in [2.45, 2.75) is 42.2 Å². The third kappa shape index (κ3) is 3.45. The summed E-state index contributed by atoms with van der Waals surface area (Å²) in [5.74, 6) is -4.46. The van der Waals surface area contributed by atoms with Crippen LogP contribution in [-0.4, -0.2) is 110 Å². The summed E-state index contributed by atoms with van der Waals surface area (Å²) in [5.41, 5.74) is -7.43. The molecule has 1 saturated heterocycles. The summed E-state index contributed by atoms with van der Waals surface area (Å²) in [4.78, 5) is 6.04. The van der Waals surface area contributed by atoms with Crippen LogP contribution < -0.4 is 0 Å². The van der Waals surface area contributed by atoms with E-state index in [4.69, 9.17) is 5.11 Å². The Balaban J connectivity index is 0.00000676. The monoisotopic (exact) mass is 464 g/mol. The molecule has 27 heavy (non-hydrogen) atoms. The van der Waals surface area contributed by atoms with Gasteiger partial charge in [-0.15, -0.1) is 4.90 Å². The number of halogens is 14. The molecule has 0 amide bonds. The first-order chi connectivity index (χ1) is 11.0. The topological polar surface area (TPSA) is 49.8 Å². The first-order valence-corrected chi connectivity index (χ1v) is 5.40. The molecule has 0 bridgehead atoms. The fourth-order valence-corrected chi connectivity index (χ4v) is 1.65. The molecule has 1 heterocycles. The summed E-state index contributed by atoms with van der Waals surface area (Å²) in [5, 5.41) is 7.94. The van der Waals surface area contributed by atoms with Gasteiger partial charge in [0.2, 0.25) is 0 Å². The Hall–Kier alpha value is 0.0464. The molecule has 0 aromatic rings. The Kier molecular flexibility index (Phi) is 6.80. The van der Waals surface area contributed by atoms with Gasteiger partial charge in [0.25, 0.3) is 0 Å².